The number of benzene rings is 3. The van der Waals surface area contributed by atoms with Crippen LogP contribution in [0.2, 0.25) is 15.1 Å². The Balaban J connectivity index is 1.45. The summed E-state index contributed by atoms with van der Waals surface area (Å²) in [6.07, 6.45) is 0.173. The minimum Gasteiger partial charge on any atom is -0.463 e. The molecule has 1 aliphatic rings. The van der Waals surface area contributed by atoms with E-state index in [1.165, 1.54) is 0 Å². The molecule has 4 rings (SSSR count). The Morgan fingerprint density at radius 1 is 0.878 bits per heavy atom. The summed E-state index contributed by atoms with van der Waals surface area (Å²) < 4.78 is 5.59. The fraction of sp³-hybridized carbons (Fsp3) is 0.300. The number of rotatable bonds is 10. The van der Waals surface area contributed by atoms with E-state index in [2.05, 4.69) is 20.9 Å². The summed E-state index contributed by atoms with van der Waals surface area (Å²) in [5.74, 6) is -1.44. The molecule has 2 amide bonds. The van der Waals surface area contributed by atoms with Crippen LogP contribution in [0, 0.1) is 6.92 Å². The first-order valence-electron chi connectivity index (χ1n) is 13.2. The number of carbonyl (C=O) groups is 3. The lowest BCUT2D eigenvalue weighted by Gasteiger charge is -2.27. The topological polar surface area (TPSA) is 99.8 Å². The summed E-state index contributed by atoms with van der Waals surface area (Å²) in [5.41, 5.74) is 2.45. The van der Waals surface area contributed by atoms with Crippen LogP contribution in [0.15, 0.2) is 60.7 Å². The van der Waals surface area contributed by atoms with Crippen LogP contribution in [-0.2, 0) is 16.0 Å². The SMILES string of the molecule is Cc1cccc(Cl)c1C(=O)NC(Cc1ccc(NC(=O)c2c(Cl)cccc2Cl)cc1)C(=O)OCCN1CCNCC1. The number of amides is 2. The maximum atomic E-state index is 13.2. The van der Waals surface area contributed by atoms with Gasteiger partial charge in [0.2, 0.25) is 0 Å². The minimum atomic E-state index is -0.955. The summed E-state index contributed by atoms with van der Waals surface area (Å²) in [7, 11) is 0. The van der Waals surface area contributed by atoms with Crippen LogP contribution in [0.3, 0.4) is 0 Å². The summed E-state index contributed by atoms with van der Waals surface area (Å²) in [4.78, 5) is 41.3. The van der Waals surface area contributed by atoms with Crippen LogP contribution in [0.4, 0.5) is 5.69 Å². The van der Waals surface area contributed by atoms with Gasteiger partial charge in [-0.1, -0.05) is 65.1 Å². The first-order valence-corrected chi connectivity index (χ1v) is 14.4. The van der Waals surface area contributed by atoms with Gasteiger partial charge in [-0.05, 0) is 48.4 Å². The molecule has 1 unspecified atom stereocenters. The summed E-state index contributed by atoms with van der Waals surface area (Å²) in [6.45, 7) is 6.17. The molecule has 0 aliphatic carbocycles. The largest absolute Gasteiger partial charge is 0.463 e. The molecule has 1 saturated heterocycles. The van der Waals surface area contributed by atoms with Crippen molar-refractivity contribution in [1.29, 1.82) is 0 Å². The van der Waals surface area contributed by atoms with E-state index in [-0.39, 0.29) is 28.6 Å². The zero-order chi connectivity index (χ0) is 29.4. The Labute approximate surface area is 254 Å². The van der Waals surface area contributed by atoms with Gasteiger partial charge in [0.1, 0.15) is 12.6 Å². The number of esters is 1. The van der Waals surface area contributed by atoms with Gasteiger partial charge in [-0.15, -0.1) is 0 Å². The van der Waals surface area contributed by atoms with Crippen LogP contribution >= 0.6 is 34.8 Å². The highest BCUT2D eigenvalue weighted by Crippen LogP contribution is 2.25. The third kappa shape index (κ3) is 8.44. The molecule has 3 N–H and O–H groups in total. The fourth-order valence-electron chi connectivity index (χ4n) is 4.52. The van der Waals surface area contributed by atoms with Crippen molar-refractivity contribution in [3.63, 3.8) is 0 Å². The quantitative estimate of drug-likeness (QED) is 0.277. The zero-order valence-corrected chi connectivity index (χ0v) is 24.8. The van der Waals surface area contributed by atoms with Gasteiger partial charge < -0.3 is 20.7 Å². The van der Waals surface area contributed by atoms with Crippen LogP contribution in [0.1, 0.15) is 31.8 Å². The van der Waals surface area contributed by atoms with E-state index in [1.807, 2.05) is 0 Å². The summed E-state index contributed by atoms with van der Waals surface area (Å²) in [5, 5.41) is 9.67. The smallest absolute Gasteiger partial charge is 0.329 e. The van der Waals surface area contributed by atoms with Crippen LogP contribution in [0.5, 0.6) is 0 Å². The van der Waals surface area contributed by atoms with Crippen LogP contribution in [-0.4, -0.2) is 68.1 Å². The van der Waals surface area contributed by atoms with Gasteiger partial charge in [0.05, 0.1) is 26.2 Å². The fourth-order valence-corrected chi connectivity index (χ4v) is 5.40. The molecule has 1 fully saturated rings. The van der Waals surface area contributed by atoms with Crippen molar-refractivity contribution < 1.29 is 19.1 Å². The third-order valence-electron chi connectivity index (χ3n) is 6.74. The molecule has 8 nitrogen and oxygen atoms in total. The van der Waals surface area contributed by atoms with Gasteiger partial charge >= 0.3 is 5.97 Å². The molecular formula is C30H31Cl3N4O4. The lowest BCUT2D eigenvalue weighted by Crippen LogP contribution is -2.46. The highest BCUT2D eigenvalue weighted by atomic mass is 35.5. The molecule has 0 aromatic heterocycles. The van der Waals surface area contributed by atoms with E-state index in [0.29, 0.717) is 28.4 Å². The Bertz CT molecular complexity index is 1350. The van der Waals surface area contributed by atoms with Crippen molar-refractivity contribution >= 4 is 58.3 Å². The molecule has 0 saturated carbocycles. The Kier molecular flexibility index (Phi) is 11.0. The van der Waals surface area contributed by atoms with Crippen molar-refractivity contribution in [2.24, 2.45) is 0 Å². The highest BCUT2D eigenvalue weighted by molar-refractivity contribution is 6.40. The minimum absolute atomic E-state index is 0.173. The third-order valence-corrected chi connectivity index (χ3v) is 7.69. The van der Waals surface area contributed by atoms with Crippen LogP contribution in [0.25, 0.3) is 0 Å². The molecule has 11 heteroatoms. The lowest BCUT2D eigenvalue weighted by molar-refractivity contribution is -0.146. The van der Waals surface area contributed by atoms with E-state index in [9.17, 15) is 14.4 Å². The molecule has 216 valence electrons. The van der Waals surface area contributed by atoms with Gasteiger partial charge in [0, 0.05) is 44.8 Å². The van der Waals surface area contributed by atoms with Crippen LogP contribution < -0.4 is 16.0 Å². The van der Waals surface area contributed by atoms with Gasteiger partial charge in [-0.25, -0.2) is 4.79 Å². The predicted molar refractivity (Wildman–Crippen MR) is 162 cm³/mol. The Hall–Kier alpha value is -3.14. The number of nitrogens with zero attached hydrogens (tertiary/aromatic N) is 1. The predicted octanol–water partition coefficient (Wildman–Crippen LogP) is 5.00. The molecule has 0 bridgehead atoms. The second-order valence-electron chi connectivity index (χ2n) is 9.67. The van der Waals surface area contributed by atoms with Gasteiger partial charge in [-0.3, -0.25) is 14.5 Å². The molecule has 41 heavy (non-hydrogen) atoms. The first kappa shape index (κ1) is 30.8. The number of piperazine rings is 1. The second kappa shape index (κ2) is 14.7. The second-order valence-corrected chi connectivity index (χ2v) is 10.9. The summed E-state index contributed by atoms with van der Waals surface area (Å²) >= 11 is 18.6. The van der Waals surface area contributed by atoms with E-state index < -0.39 is 23.8 Å². The van der Waals surface area contributed by atoms with Gasteiger partial charge in [0.25, 0.3) is 11.8 Å². The van der Waals surface area contributed by atoms with Crippen molar-refractivity contribution in [2.45, 2.75) is 19.4 Å². The summed E-state index contributed by atoms with van der Waals surface area (Å²) in [6, 6.07) is 16.0. The van der Waals surface area contributed by atoms with E-state index in [4.69, 9.17) is 39.5 Å². The normalized spacial score (nSPS) is 14.2. The Morgan fingerprint density at radius 2 is 1.49 bits per heavy atom. The van der Waals surface area contributed by atoms with Crippen molar-refractivity contribution in [2.75, 3.05) is 44.6 Å². The molecule has 0 spiro atoms. The van der Waals surface area contributed by atoms with E-state index in [0.717, 1.165) is 31.7 Å². The number of hydrogen-bond donors (Lipinski definition) is 3. The van der Waals surface area contributed by atoms with E-state index in [1.54, 1.807) is 67.6 Å². The Morgan fingerprint density at radius 3 is 2.12 bits per heavy atom. The first-order chi connectivity index (χ1) is 19.7. The highest BCUT2D eigenvalue weighted by Gasteiger charge is 2.26. The molecule has 1 aliphatic heterocycles. The van der Waals surface area contributed by atoms with Crippen molar-refractivity contribution in [3.05, 3.63) is 98.0 Å². The maximum Gasteiger partial charge on any atom is 0.329 e. The van der Waals surface area contributed by atoms with Crippen molar-refractivity contribution in [3.8, 4) is 0 Å². The average Bonchev–Trinajstić information content (AvgIpc) is 2.94. The van der Waals surface area contributed by atoms with Gasteiger partial charge in [0.15, 0.2) is 0 Å². The standard InChI is InChI=1S/C30H31Cl3N4O4/c1-19-4-2-5-22(31)26(19)28(38)36-25(30(40)41-17-16-37-14-12-34-13-15-37)18-20-8-10-21(11-9-20)35-29(39)27-23(32)6-3-7-24(27)33/h2-11,25,34H,12-18H2,1H3,(H,35,39)(H,36,38). The number of anilines is 1. The average molecular weight is 618 g/mol. The molecule has 3 aromatic carbocycles. The number of carbonyl (C=O) groups excluding carboxylic acids is 3. The molecule has 3 aromatic rings. The molecule has 0 radical (unpaired) electrons. The number of aryl methyl sites for hydroxylation is 1. The lowest BCUT2D eigenvalue weighted by atomic mass is 10.0. The number of nitrogens with one attached hydrogen (secondary N) is 3. The maximum absolute atomic E-state index is 13.2. The van der Waals surface area contributed by atoms with Crippen molar-refractivity contribution in [1.82, 2.24) is 15.5 Å². The molecule has 1 atom stereocenters. The van der Waals surface area contributed by atoms with Gasteiger partial charge in [-0.2, -0.15) is 0 Å². The molecule has 1 heterocycles. The molecular weight excluding hydrogens is 587 g/mol. The number of halogens is 3. The monoisotopic (exact) mass is 616 g/mol. The zero-order valence-electron chi connectivity index (χ0n) is 22.5. The number of hydrogen-bond acceptors (Lipinski definition) is 6. The van der Waals surface area contributed by atoms with E-state index >= 15 is 0 Å². The number of ether oxygens (including phenoxy) is 1.